The van der Waals surface area contributed by atoms with Crippen molar-refractivity contribution in [2.45, 2.75) is 39.7 Å². The van der Waals surface area contributed by atoms with E-state index in [4.69, 9.17) is 14.2 Å². The summed E-state index contributed by atoms with van der Waals surface area (Å²) in [5.41, 5.74) is 4.87. The lowest BCUT2D eigenvalue weighted by molar-refractivity contribution is -0.132. The van der Waals surface area contributed by atoms with E-state index in [2.05, 4.69) is 9.97 Å². The van der Waals surface area contributed by atoms with Gasteiger partial charge in [0.15, 0.2) is 11.5 Å². The minimum absolute atomic E-state index is 0.0539. The van der Waals surface area contributed by atoms with Gasteiger partial charge in [-0.1, -0.05) is 26.0 Å². The van der Waals surface area contributed by atoms with Crippen molar-refractivity contribution < 1.29 is 28.9 Å². The molecule has 212 valence electrons. The van der Waals surface area contributed by atoms with Crippen LogP contribution in [0, 0.1) is 13.8 Å². The van der Waals surface area contributed by atoms with Crippen LogP contribution in [0.5, 0.6) is 17.2 Å². The highest BCUT2D eigenvalue weighted by Gasteiger charge is 2.48. The number of aliphatic hydroxyl groups excluding tert-OH is 1. The molecule has 0 radical (unpaired) electrons. The number of fused-ring (bicyclic) bond motifs is 1. The number of imidazole rings is 1. The summed E-state index contributed by atoms with van der Waals surface area (Å²) < 4.78 is 16.5. The van der Waals surface area contributed by atoms with Gasteiger partial charge in [0.1, 0.15) is 11.5 Å². The number of nitrogens with one attached hydrogen (secondary N) is 1. The molecule has 1 aliphatic heterocycles. The van der Waals surface area contributed by atoms with Gasteiger partial charge in [0.2, 0.25) is 5.95 Å². The second-order valence-electron chi connectivity index (χ2n) is 10.4. The molecule has 0 saturated carbocycles. The van der Waals surface area contributed by atoms with Crippen LogP contribution in [-0.4, -0.2) is 48.1 Å². The summed E-state index contributed by atoms with van der Waals surface area (Å²) in [4.78, 5) is 36.6. The largest absolute Gasteiger partial charge is 0.507 e. The standard InChI is InChI=1S/C32H33N3O6/c1-16(2)20-15-21(18(4)13-25(20)40-6)29(36)27-28(19-9-11-24(39-5)26(14-19)41-7)35(31(38)30(27)37)32-33-22-10-8-17(3)12-23(22)34-32/h8-16,28,36H,1-7H3,(H,33,34)/b29-27+. The molecule has 1 aliphatic rings. The molecule has 4 aromatic rings. The Morgan fingerprint density at radius 2 is 1.63 bits per heavy atom. The van der Waals surface area contributed by atoms with Gasteiger partial charge < -0.3 is 24.3 Å². The molecular weight excluding hydrogens is 522 g/mol. The monoisotopic (exact) mass is 555 g/mol. The molecule has 41 heavy (non-hydrogen) atoms. The van der Waals surface area contributed by atoms with E-state index < -0.39 is 17.7 Å². The third-order valence-electron chi connectivity index (χ3n) is 7.47. The van der Waals surface area contributed by atoms with Crippen LogP contribution in [0.4, 0.5) is 5.95 Å². The number of aryl methyl sites for hydroxylation is 2. The molecule has 0 aliphatic carbocycles. The number of carbonyl (C=O) groups excluding carboxylic acids is 2. The molecule has 1 amide bonds. The highest BCUT2D eigenvalue weighted by atomic mass is 16.5. The lowest BCUT2D eigenvalue weighted by Gasteiger charge is -2.24. The zero-order valence-corrected chi connectivity index (χ0v) is 24.2. The number of benzene rings is 3. The number of aliphatic hydroxyl groups is 1. The molecule has 2 N–H and O–H groups in total. The van der Waals surface area contributed by atoms with Crippen LogP contribution in [0.3, 0.4) is 0 Å². The second kappa shape index (κ2) is 10.6. The van der Waals surface area contributed by atoms with E-state index in [0.29, 0.717) is 39.5 Å². The minimum Gasteiger partial charge on any atom is -0.507 e. The van der Waals surface area contributed by atoms with Gasteiger partial charge in [-0.05, 0) is 78.4 Å². The lowest BCUT2D eigenvalue weighted by atomic mass is 9.91. The van der Waals surface area contributed by atoms with E-state index in [1.54, 1.807) is 25.3 Å². The average Bonchev–Trinajstić information content (AvgIpc) is 3.49. The van der Waals surface area contributed by atoms with Crippen LogP contribution in [0.15, 0.2) is 54.1 Å². The van der Waals surface area contributed by atoms with Crippen LogP contribution >= 0.6 is 0 Å². The summed E-state index contributed by atoms with van der Waals surface area (Å²) in [5.74, 6) is -0.0414. The van der Waals surface area contributed by atoms with Crippen molar-refractivity contribution in [1.29, 1.82) is 0 Å². The number of hydrogen-bond donors (Lipinski definition) is 2. The summed E-state index contributed by atoms with van der Waals surface area (Å²) in [6.07, 6.45) is 0. The zero-order chi connectivity index (χ0) is 29.6. The number of anilines is 1. The van der Waals surface area contributed by atoms with Crippen molar-refractivity contribution in [1.82, 2.24) is 9.97 Å². The van der Waals surface area contributed by atoms with E-state index in [1.165, 1.54) is 19.1 Å². The van der Waals surface area contributed by atoms with Crippen molar-refractivity contribution in [3.63, 3.8) is 0 Å². The van der Waals surface area contributed by atoms with Crippen LogP contribution in [0.1, 0.15) is 53.6 Å². The predicted octanol–water partition coefficient (Wildman–Crippen LogP) is 5.96. The maximum Gasteiger partial charge on any atom is 0.302 e. The fourth-order valence-electron chi connectivity index (χ4n) is 5.34. The van der Waals surface area contributed by atoms with E-state index >= 15 is 0 Å². The first-order valence-corrected chi connectivity index (χ1v) is 13.3. The minimum atomic E-state index is -1.000. The van der Waals surface area contributed by atoms with Crippen molar-refractivity contribution >= 4 is 34.4 Å². The van der Waals surface area contributed by atoms with E-state index in [9.17, 15) is 14.7 Å². The smallest absolute Gasteiger partial charge is 0.302 e. The highest BCUT2D eigenvalue weighted by molar-refractivity contribution is 6.51. The first kappa shape index (κ1) is 27.8. The first-order valence-electron chi connectivity index (χ1n) is 13.3. The summed E-state index contributed by atoms with van der Waals surface area (Å²) in [6.45, 7) is 7.81. The number of ether oxygens (including phenoxy) is 3. The van der Waals surface area contributed by atoms with Crippen molar-refractivity contribution in [3.8, 4) is 17.2 Å². The van der Waals surface area contributed by atoms with Crippen molar-refractivity contribution in [3.05, 3.63) is 81.9 Å². The zero-order valence-electron chi connectivity index (χ0n) is 24.2. The van der Waals surface area contributed by atoms with Gasteiger partial charge >= 0.3 is 5.91 Å². The van der Waals surface area contributed by atoms with E-state index in [0.717, 1.165) is 16.6 Å². The molecule has 9 nitrogen and oxygen atoms in total. The number of H-pyrrole nitrogens is 1. The maximum absolute atomic E-state index is 13.8. The summed E-state index contributed by atoms with van der Waals surface area (Å²) >= 11 is 0. The van der Waals surface area contributed by atoms with E-state index in [1.807, 2.05) is 58.0 Å². The maximum atomic E-state index is 13.8. The molecule has 9 heteroatoms. The summed E-state index contributed by atoms with van der Waals surface area (Å²) in [7, 11) is 4.63. The molecule has 1 unspecified atom stereocenters. The Labute approximate surface area is 238 Å². The van der Waals surface area contributed by atoms with Crippen molar-refractivity contribution in [2.24, 2.45) is 0 Å². The highest BCUT2D eigenvalue weighted by Crippen LogP contribution is 2.44. The van der Waals surface area contributed by atoms with Gasteiger partial charge in [0.25, 0.3) is 5.78 Å². The molecule has 1 fully saturated rings. The first-order chi connectivity index (χ1) is 19.6. The Bertz CT molecular complexity index is 1720. The van der Waals surface area contributed by atoms with E-state index in [-0.39, 0.29) is 23.2 Å². The van der Waals surface area contributed by atoms with Crippen LogP contribution in [0.2, 0.25) is 0 Å². The summed E-state index contributed by atoms with van der Waals surface area (Å²) in [5, 5.41) is 11.8. The molecule has 5 rings (SSSR count). The van der Waals surface area contributed by atoms with Gasteiger partial charge in [-0.25, -0.2) is 4.98 Å². The number of amides is 1. The Hall–Kier alpha value is -4.79. The molecule has 3 aromatic carbocycles. The Morgan fingerprint density at radius 3 is 2.29 bits per heavy atom. The average molecular weight is 556 g/mol. The number of rotatable bonds is 7. The normalized spacial score (nSPS) is 16.6. The van der Waals surface area contributed by atoms with Gasteiger partial charge in [-0.3, -0.25) is 14.5 Å². The Balaban J connectivity index is 1.78. The van der Waals surface area contributed by atoms with Gasteiger partial charge in [-0.2, -0.15) is 0 Å². The Morgan fingerprint density at radius 1 is 0.927 bits per heavy atom. The molecular formula is C32H33N3O6. The summed E-state index contributed by atoms with van der Waals surface area (Å²) in [6, 6.07) is 13.5. The van der Waals surface area contributed by atoms with Gasteiger partial charge in [-0.15, -0.1) is 0 Å². The van der Waals surface area contributed by atoms with Gasteiger partial charge in [0.05, 0.1) is 44.0 Å². The third-order valence-corrected chi connectivity index (χ3v) is 7.47. The number of methoxy groups -OCH3 is 3. The predicted molar refractivity (Wildman–Crippen MR) is 157 cm³/mol. The molecule has 2 heterocycles. The lowest BCUT2D eigenvalue weighted by Crippen LogP contribution is -2.30. The number of aromatic nitrogens is 2. The number of ketones is 1. The molecule has 0 bridgehead atoms. The molecule has 1 aromatic heterocycles. The van der Waals surface area contributed by atoms with Gasteiger partial charge in [0, 0.05) is 5.56 Å². The SMILES string of the molecule is COc1ccc(C2/C(=C(\O)c3cc(C(C)C)c(OC)cc3C)C(=O)C(=O)N2c2nc3ccc(C)cc3[nH]2)cc1OC. The van der Waals surface area contributed by atoms with Crippen LogP contribution in [0.25, 0.3) is 16.8 Å². The Kier molecular flexibility index (Phi) is 7.21. The molecule has 0 spiro atoms. The topological polar surface area (TPSA) is 114 Å². The quantitative estimate of drug-likeness (QED) is 0.164. The second-order valence-corrected chi connectivity index (χ2v) is 10.4. The number of Topliss-reactive ketones (excluding diaryl/α,β-unsaturated/α-hetero) is 1. The number of hydrogen-bond acceptors (Lipinski definition) is 7. The fourth-order valence-corrected chi connectivity index (χ4v) is 5.34. The van der Waals surface area contributed by atoms with Crippen LogP contribution < -0.4 is 19.1 Å². The number of aromatic amines is 1. The molecule has 1 saturated heterocycles. The number of carbonyl (C=O) groups is 2. The van der Waals surface area contributed by atoms with Crippen molar-refractivity contribution in [2.75, 3.05) is 26.2 Å². The third kappa shape index (κ3) is 4.67. The van der Waals surface area contributed by atoms with Crippen LogP contribution in [-0.2, 0) is 9.59 Å². The fraction of sp³-hybridized carbons (Fsp3) is 0.281. The molecule has 1 atom stereocenters. The number of nitrogens with zero attached hydrogens (tertiary/aromatic N) is 2.